The van der Waals surface area contributed by atoms with Crippen LogP contribution in [0.1, 0.15) is 33.1 Å². The topological polar surface area (TPSA) is 35.2 Å². The zero-order valence-corrected chi connectivity index (χ0v) is 14.4. The van der Waals surface area contributed by atoms with Crippen LogP contribution < -0.4 is 10.5 Å². The van der Waals surface area contributed by atoms with E-state index < -0.39 is 0 Å². The molecule has 0 saturated heterocycles. The van der Waals surface area contributed by atoms with Crippen LogP contribution >= 0.6 is 39.1 Å². The quantitative estimate of drug-likeness (QED) is 0.524. The van der Waals surface area contributed by atoms with Gasteiger partial charge >= 0.3 is 0 Å². The number of halogens is 3. The Balaban J connectivity index is 2.36. The maximum absolute atomic E-state index is 6.08. The minimum Gasteiger partial charge on any atom is -0.492 e. The average Bonchev–Trinajstić information content (AvgIpc) is 2.35. The highest BCUT2D eigenvalue weighted by Crippen LogP contribution is 2.34. The molecular weight excluding hydrogens is 349 g/mol. The van der Waals surface area contributed by atoms with Crippen LogP contribution in [0.3, 0.4) is 0 Å². The van der Waals surface area contributed by atoms with E-state index in [1.165, 1.54) is 0 Å². The Bertz CT molecular complexity index is 424. The first-order valence-corrected chi connectivity index (χ1v) is 7.88. The Morgan fingerprint density at radius 3 is 2.53 bits per heavy atom. The number of hydrogen-bond donors (Lipinski definition) is 1. The first-order valence-electron chi connectivity index (χ1n) is 6.33. The zero-order chi connectivity index (χ0) is 14.5. The van der Waals surface area contributed by atoms with Crippen LogP contribution in [0.4, 0.5) is 0 Å². The number of nitrogens with two attached hydrogens (primary N) is 1. The van der Waals surface area contributed by atoms with Gasteiger partial charge in [-0.1, -0.05) is 37.0 Å². The van der Waals surface area contributed by atoms with Crippen LogP contribution in [0.25, 0.3) is 0 Å². The van der Waals surface area contributed by atoms with Crippen LogP contribution in [0.2, 0.25) is 10.0 Å². The molecule has 0 aliphatic heterocycles. The first kappa shape index (κ1) is 17.1. The van der Waals surface area contributed by atoms with Gasteiger partial charge in [-0.05, 0) is 53.2 Å². The predicted octanol–water partition coefficient (Wildman–Crippen LogP) is 5.29. The molecule has 19 heavy (non-hydrogen) atoms. The van der Waals surface area contributed by atoms with Crippen molar-refractivity contribution < 1.29 is 4.74 Å². The highest BCUT2D eigenvalue weighted by Gasteiger charge is 2.14. The monoisotopic (exact) mass is 367 g/mol. The molecule has 0 heterocycles. The van der Waals surface area contributed by atoms with Crippen molar-refractivity contribution in [1.82, 2.24) is 0 Å². The summed E-state index contributed by atoms with van der Waals surface area (Å²) in [4.78, 5) is 0. The Morgan fingerprint density at radius 2 is 1.89 bits per heavy atom. The second-order valence-corrected chi connectivity index (χ2v) is 7.04. The molecule has 0 unspecified atom stereocenters. The Labute approximate surface area is 133 Å². The summed E-state index contributed by atoms with van der Waals surface area (Å²) in [6.07, 6.45) is 3.17. The van der Waals surface area contributed by atoms with Gasteiger partial charge in [-0.25, -0.2) is 0 Å². The first-order chi connectivity index (χ1) is 8.85. The summed E-state index contributed by atoms with van der Waals surface area (Å²) in [5.74, 6) is 0.632. The van der Waals surface area contributed by atoms with Crippen molar-refractivity contribution in [1.29, 1.82) is 0 Å². The molecule has 2 N–H and O–H groups in total. The third-order valence-electron chi connectivity index (χ3n) is 3.03. The number of rotatable bonds is 7. The van der Waals surface area contributed by atoms with E-state index in [0.717, 1.165) is 23.7 Å². The number of benzene rings is 1. The third-order valence-corrected chi connectivity index (χ3v) is 4.53. The molecule has 0 aliphatic carbocycles. The lowest BCUT2D eigenvalue weighted by Gasteiger charge is -2.21. The molecule has 0 fully saturated rings. The van der Waals surface area contributed by atoms with Crippen LogP contribution in [0.15, 0.2) is 16.6 Å². The van der Waals surface area contributed by atoms with Crippen LogP contribution in [0, 0.1) is 5.41 Å². The molecule has 0 radical (unpaired) electrons. The average molecular weight is 369 g/mol. The molecule has 5 heteroatoms. The smallest absolute Gasteiger partial charge is 0.139 e. The van der Waals surface area contributed by atoms with Crippen molar-refractivity contribution in [3.63, 3.8) is 0 Å². The summed E-state index contributed by atoms with van der Waals surface area (Å²) in [5, 5.41) is 1.17. The molecule has 0 saturated carbocycles. The molecule has 0 spiro atoms. The minimum atomic E-state index is 0.207. The Kier molecular flexibility index (Phi) is 6.95. The Morgan fingerprint density at radius 1 is 1.21 bits per heavy atom. The van der Waals surface area contributed by atoms with Gasteiger partial charge in [-0.3, -0.25) is 0 Å². The lowest BCUT2D eigenvalue weighted by Crippen LogP contribution is -2.23. The Hall–Kier alpha value is 0.0400. The maximum atomic E-state index is 6.08. The van der Waals surface area contributed by atoms with E-state index in [-0.39, 0.29) is 5.41 Å². The molecule has 108 valence electrons. The summed E-state index contributed by atoms with van der Waals surface area (Å²) in [5.41, 5.74) is 5.90. The van der Waals surface area contributed by atoms with Crippen molar-refractivity contribution in [2.75, 3.05) is 13.2 Å². The van der Waals surface area contributed by atoms with Crippen molar-refractivity contribution in [2.45, 2.75) is 33.1 Å². The van der Waals surface area contributed by atoms with E-state index in [9.17, 15) is 0 Å². The maximum Gasteiger partial charge on any atom is 0.139 e. The van der Waals surface area contributed by atoms with Crippen LogP contribution in [0.5, 0.6) is 5.75 Å². The van der Waals surface area contributed by atoms with Crippen molar-refractivity contribution in [3.8, 4) is 5.75 Å². The van der Waals surface area contributed by atoms with E-state index in [0.29, 0.717) is 28.9 Å². The summed E-state index contributed by atoms with van der Waals surface area (Å²) in [7, 11) is 0. The molecule has 2 nitrogen and oxygen atoms in total. The van der Waals surface area contributed by atoms with Gasteiger partial charge in [0.2, 0.25) is 0 Å². The largest absolute Gasteiger partial charge is 0.492 e. The molecular formula is C14H20BrCl2NO. The fourth-order valence-corrected chi connectivity index (χ4v) is 2.45. The molecule has 0 aliphatic rings. The molecule has 1 rings (SSSR count). The van der Waals surface area contributed by atoms with Gasteiger partial charge in [0.05, 0.1) is 16.7 Å². The number of unbranched alkanes of at least 4 members (excludes halogenated alkanes) is 1. The van der Waals surface area contributed by atoms with Crippen LogP contribution in [-0.2, 0) is 0 Å². The van der Waals surface area contributed by atoms with Gasteiger partial charge in [-0.15, -0.1) is 0 Å². The molecule has 0 aromatic heterocycles. The van der Waals surface area contributed by atoms with Crippen molar-refractivity contribution >= 4 is 39.1 Å². The van der Waals surface area contributed by atoms with Gasteiger partial charge in [0.25, 0.3) is 0 Å². The summed E-state index contributed by atoms with van der Waals surface area (Å²) in [6.45, 7) is 5.71. The fraction of sp³-hybridized carbons (Fsp3) is 0.571. The van der Waals surface area contributed by atoms with E-state index in [2.05, 4.69) is 29.8 Å². The lowest BCUT2D eigenvalue weighted by molar-refractivity contribution is 0.279. The highest BCUT2D eigenvalue weighted by molar-refractivity contribution is 9.10. The van der Waals surface area contributed by atoms with E-state index in [1.807, 2.05) is 0 Å². The molecule has 0 amide bonds. The fourth-order valence-electron chi connectivity index (χ4n) is 1.60. The van der Waals surface area contributed by atoms with Gasteiger partial charge in [0.15, 0.2) is 0 Å². The number of ether oxygens (including phenoxy) is 1. The van der Waals surface area contributed by atoms with Gasteiger partial charge in [-0.2, -0.15) is 0 Å². The molecule has 1 aromatic carbocycles. The van der Waals surface area contributed by atoms with E-state index in [4.69, 9.17) is 33.7 Å². The van der Waals surface area contributed by atoms with Gasteiger partial charge < -0.3 is 10.5 Å². The molecule has 1 aromatic rings. The SMILES string of the molecule is CC(C)(CN)CCCCOc1cc(Cl)c(Br)cc1Cl. The molecule has 0 bridgehead atoms. The second kappa shape index (κ2) is 7.72. The van der Waals surface area contributed by atoms with Crippen molar-refractivity contribution in [3.05, 3.63) is 26.7 Å². The highest BCUT2D eigenvalue weighted by atomic mass is 79.9. The third kappa shape index (κ3) is 5.90. The van der Waals surface area contributed by atoms with E-state index >= 15 is 0 Å². The standard InChI is InChI=1S/C14H20BrCl2NO/c1-14(2,9-18)5-3-4-6-19-13-8-11(16)10(15)7-12(13)17/h7-8H,3-6,9,18H2,1-2H3. The molecule has 0 atom stereocenters. The summed E-state index contributed by atoms with van der Waals surface area (Å²) >= 11 is 15.4. The lowest BCUT2D eigenvalue weighted by atomic mass is 9.87. The second-order valence-electron chi connectivity index (χ2n) is 5.37. The summed E-state index contributed by atoms with van der Waals surface area (Å²) < 4.78 is 6.43. The van der Waals surface area contributed by atoms with Crippen LogP contribution in [-0.4, -0.2) is 13.2 Å². The zero-order valence-electron chi connectivity index (χ0n) is 11.3. The van der Waals surface area contributed by atoms with Crippen molar-refractivity contribution in [2.24, 2.45) is 11.1 Å². The number of hydrogen-bond acceptors (Lipinski definition) is 2. The van der Waals surface area contributed by atoms with E-state index in [1.54, 1.807) is 12.1 Å². The van der Waals surface area contributed by atoms with Gasteiger partial charge in [0, 0.05) is 10.5 Å². The normalized spacial score (nSPS) is 11.7. The van der Waals surface area contributed by atoms with Gasteiger partial charge in [0.1, 0.15) is 5.75 Å². The summed E-state index contributed by atoms with van der Waals surface area (Å²) in [6, 6.07) is 3.48. The minimum absolute atomic E-state index is 0.207. The predicted molar refractivity (Wildman–Crippen MR) is 86.3 cm³/mol.